The predicted octanol–water partition coefficient (Wildman–Crippen LogP) is 4.20. The van der Waals surface area contributed by atoms with E-state index in [1.807, 2.05) is 0 Å². The van der Waals surface area contributed by atoms with Gasteiger partial charge in [0.15, 0.2) is 0 Å². The molecule has 3 heteroatoms. The Hall–Kier alpha value is 0.140. The van der Waals surface area contributed by atoms with Crippen molar-refractivity contribution in [2.75, 3.05) is 11.9 Å². The molecule has 2 rings (SSSR count). The largest absolute Gasteiger partial charge is 0.295 e. The van der Waals surface area contributed by atoms with Crippen LogP contribution in [0.3, 0.4) is 0 Å². The summed E-state index contributed by atoms with van der Waals surface area (Å²) >= 11 is 7.02. The average molecular weight is 347 g/mol. The van der Waals surface area contributed by atoms with Crippen molar-refractivity contribution >= 4 is 31.9 Å². The van der Waals surface area contributed by atoms with Crippen molar-refractivity contribution < 1.29 is 0 Å². The molecule has 0 unspecified atom stereocenters. The molecular weight excluding hydrogens is 330 g/mol. The van der Waals surface area contributed by atoms with E-state index in [1.54, 1.807) is 0 Å². The Labute approximate surface area is 114 Å². The molecule has 0 bridgehead atoms. The van der Waals surface area contributed by atoms with Gasteiger partial charge in [-0.15, -0.1) is 0 Å². The lowest BCUT2D eigenvalue weighted by Crippen LogP contribution is -2.40. The fourth-order valence-corrected chi connectivity index (χ4v) is 2.80. The van der Waals surface area contributed by atoms with Crippen molar-refractivity contribution in [1.82, 2.24) is 4.90 Å². The summed E-state index contributed by atoms with van der Waals surface area (Å²) in [5.41, 5.74) is 1.41. The van der Waals surface area contributed by atoms with E-state index in [-0.39, 0.29) is 0 Å². The smallest absolute Gasteiger partial charge is 0.0237 e. The summed E-state index contributed by atoms with van der Waals surface area (Å²) in [6.07, 6.45) is 4.16. The van der Waals surface area contributed by atoms with E-state index in [0.29, 0.717) is 0 Å². The molecule has 0 radical (unpaired) electrons. The first-order valence-corrected chi connectivity index (χ1v) is 7.75. The SMILES string of the molecule is BrCCN(Cc1ccc(Br)cc1)C1CCC1. The number of hydrogen-bond acceptors (Lipinski definition) is 1. The number of hydrogen-bond donors (Lipinski definition) is 0. The van der Waals surface area contributed by atoms with Gasteiger partial charge in [0.05, 0.1) is 0 Å². The summed E-state index contributed by atoms with van der Waals surface area (Å²) in [4.78, 5) is 2.60. The molecule has 0 spiro atoms. The van der Waals surface area contributed by atoms with Crippen LogP contribution in [0.2, 0.25) is 0 Å². The molecule has 1 aromatic rings. The zero-order valence-corrected chi connectivity index (χ0v) is 12.5. The van der Waals surface area contributed by atoms with Gasteiger partial charge in [-0.2, -0.15) is 0 Å². The molecule has 1 saturated carbocycles. The second-order valence-corrected chi connectivity index (χ2v) is 6.08. The zero-order chi connectivity index (χ0) is 11.4. The zero-order valence-electron chi connectivity index (χ0n) is 9.33. The van der Waals surface area contributed by atoms with Crippen LogP contribution in [0.25, 0.3) is 0 Å². The minimum absolute atomic E-state index is 0.821. The highest BCUT2D eigenvalue weighted by Crippen LogP contribution is 2.26. The first-order chi connectivity index (χ1) is 7.79. The minimum atomic E-state index is 0.821. The molecule has 16 heavy (non-hydrogen) atoms. The van der Waals surface area contributed by atoms with Gasteiger partial charge in [-0.3, -0.25) is 4.90 Å². The Morgan fingerprint density at radius 2 is 1.88 bits per heavy atom. The summed E-state index contributed by atoms with van der Waals surface area (Å²) in [6, 6.07) is 9.50. The van der Waals surface area contributed by atoms with Crippen LogP contribution in [-0.2, 0) is 6.54 Å². The summed E-state index contributed by atoms with van der Waals surface area (Å²) in [5, 5.41) is 1.07. The van der Waals surface area contributed by atoms with Crippen LogP contribution in [0.5, 0.6) is 0 Å². The van der Waals surface area contributed by atoms with E-state index in [0.717, 1.165) is 28.9 Å². The van der Waals surface area contributed by atoms with E-state index in [1.165, 1.54) is 24.8 Å². The fourth-order valence-electron chi connectivity index (χ4n) is 2.08. The van der Waals surface area contributed by atoms with Crippen LogP contribution in [0.1, 0.15) is 24.8 Å². The second kappa shape index (κ2) is 6.18. The van der Waals surface area contributed by atoms with Gasteiger partial charge >= 0.3 is 0 Å². The summed E-state index contributed by atoms with van der Waals surface area (Å²) in [7, 11) is 0. The topological polar surface area (TPSA) is 3.24 Å². The highest BCUT2D eigenvalue weighted by atomic mass is 79.9. The maximum absolute atomic E-state index is 3.55. The summed E-state index contributed by atoms with van der Waals surface area (Å²) < 4.78 is 1.16. The molecule has 0 aromatic heterocycles. The Bertz CT molecular complexity index is 319. The highest BCUT2D eigenvalue weighted by Gasteiger charge is 2.24. The van der Waals surface area contributed by atoms with Crippen LogP contribution in [0.15, 0.2) is 28.7 Å². The van der Waals surface area contributed by atoms with E-state index in [4.69, 9.17) is 0 Å². The highest BCUT2D eigenvalue weighted by molar-refractivity contribution is 9.10. The third-order valence-electron chi connectivity index (χ3n) is 3.26. The Kier molecular flexibility index (Phi) is 4.86. The fraction of sp³-hybridized carbons (Fsp3) is 0.538. The monoisotopic (exact) mass is 345 g/mol. The maximum Gasteiger partial charge on any atom is 0.0237 e. The number of nitrogens with zero attached hydrogens (tertiary/aromatic N) is 1. The molecule has 0 aliphatic heterocycles. The molecule has 1 aliphatic rings. The molecule has 0 heterocycles. The quantitative estimate of drug-likeness (QED) is 0.722. The molecule has 1 fully saturated rings. The Morgan fingerprint density at radius 1 is 1.19 bits per heavy atom. The Balaban J connectivity index is 1.96. The van der Waals surface area contributed by atoms with Crippen LogP contribution >= 0.6 is 31.9 Å². The van der Waals surface area contributed by atoms with Gasteiger partial charge in [0.25, 0.3) is 0 Å². The van der Waals surface area contributed by atoms with Gasteiger partial charge in [-0.05, 0) is 30.5 Å². The standard InChI is InChI=1S/C13H17Br2N/c14-8-9-16(13-2-1-3-13)10-11-4-6-12(15)7-5-11/h4-7,13H,1-3,8-10H2. The van der Waals surface area contributed by atoms with E-state index >= 15 is 0 Å². The van der Waals surface area contributed by atoms with E-state index in [9.17, 15) is 0 Å². The lowest BCUT2D eigenvalue weighted by atomic mass is 9.91. The Morgan fingerprint density at radius 3 is 2.38 bits per heavy atom. The normalized spacial score (nSPS) is 16.4. The second-order valence-electron chi connectivity index (χ2n) is 4.37. The molecule has 0 amide bonds. The van der Waals surface area contributed by atoms with Crippen molar-refractivity contribution in [3.05, 3.63) is 34.3 Å². The van der Waals surface area contributed by atoms with Gasteiger partial charge < -0.3 is 0 Å². The van der Waals surface area contributed by atoms with Gasteiger partial charge in [-0.1, -0.05) is 50.4 Å². The van der Waals surface area contributed by atoms with Gasteiger partial charge in [-0.25, -0.2) is 0 Å². The number of alkyl halides is 1. The van der Waals surface area contributed by atoms with Crippen molar-refractivity contribution in [2.24, 2.45) is 0 Å². The van der Waals surface area contributed by atoms with E-state index < -0.39 is 0 Å². The van der Waals surface area contributed by atoms with Crippen molar-refractivity contribution in [3.63, 3.8) is 0 Å². The van der Waals surface area contributed by atoms with Crippen LogP contribution < -0.4 is 0 Å². The van der Waals surface area contributed by atoms with Gasteiger partial charge in [0.1, 0.15) is 0 Å². The number of benzene rings is 1. The van der Waals surface area contributed by atoms with E-state index in [2.05, 4.69) is 61.0 Å². The first kappa shape index (κ1) is 12.6. The van der Waals surface area contributed by atoms with Crippen LogP contribution in [0, 0.1) is 0 Å². The molecule has 1 nitrogen and oxygen atoms in total. The predicted molar refractivity (Wildman–Crippen MR) is 76.0 cm³/mol. The van der Waals surface area contributed by atoms with Gasteiger partial charge in [0.2, 0.25) is 0 Å². The molecule has 0 atom stereocenters. The third-order valence-corrected chi connectivity index (χ3v) is 4.15. The number of rotatable bonds is 5. The van der Waals surface area contributed by atoms with Crippen molar-refractivity contribution in [1.29, 1.82) is 0 Å². The summed E-state index contributed by atoms with van der Waals surface area (Å²) in [5.74, 6) is 0. The van der Waals surface area contributed by atoms with Crippen LogP contribution in [0.4, 0.5) is 0 Å². The molecular formula is C13H17Br2N. The lowest BCUT2D eigenvalue weighted by molar-refractivity contribution is 0.128. The average Bonchev–Trinajstić information content (AvgIpc) is 2.19. The molecule has 0 saturated heterocycles. The maximum atomic E-state index is 3.55. The third kappa shape index (κ3) is 3.31. The van der Waals surface area contributed by atoms with Gasteiger partial charge in [0, 0.05) is 28.9 Å². The molecule has 0 N–H and O–H groups in total. The summed E-state index contributed by atoms with van der Waals surface area (Å²) in [6.45, 7) is 2.24. The van der Waals surface area contributed by atoms with Crippen LogP contribution in [-0.4, -0.2) is 22.8 Å². The van der Waals surface area contributed by atoms with Crippen molar-refractivity contribution in [3.8, 4) is 0 Å². The minimum Gasteiger partial charge on any atom is -0.295 e. The molecule has 1 aliphatic carbocycles. The molecule has 88 valence electrons. The first-order valence-electron chi connectivity index (χ1n) is 5.84. The lowest BCUT2D eigenvalue weighted by Gasteiger charge is -2.37. The molecule has 1 aromatic carbocycles. The van der Waals surface area contributed by atoms with Crippen molar-refractivity contribution in [2.45, 2.75) is 31.8 Å². The number of halogens is 2.